The van der Waals surface area contributed by atoms with Gasteiger partial charge in [0.2, 0.25) is 0 Å². The van der Waals surface area contributed by atoms with Crippen molar-refractivity contribution in [3.8, 4) is 22.3 Å². The molecule has 4 aromatic carbocycles. The zero-order valence-electron chi connectivity index (χ0n) is 16.6. The van der Waals surface area contributed by atoms with E-state index < -0.39 is 5.82 Å². The van der Waals surface area contributed by atoms with Gasteiger partial charge in [-0.05, 0) is 28.3 Å². The number of benzene rings is 4. The summed E-state index contributed by atoms with van der Waals surface area (Å²) in [6.07, 6.45) is 0. The van der Waals surface area contributed by atoms with Gasteiger partial charge >= 0.3 is 0 Å². The van der Waals surface area contributed by atoms with E-state index in [0.717, 1.165) is 11.1 Å². The lowest BCUT2D eigenvalue weighted by Crippen LogP contribution is -2.00. The van der Waals surface area contributed by atoms with Crippen molar-refractivity contribution in [1.82, 2.24) is 10.2 Å². The van der Waals surface area contributed by atoms with Gasteiger partial charge in [-0.2, -0.15) is 5.10 Å². The number of fused-ring (bicyclic) bond motifs is 1. The van der Waals surface area contributed by atoms with Crippen LogP contribution in [0.15, 0.2) is 91.0 Å². The van der Waals surface area contributed by atoms with E-state index in [0.29, 0.717) is 28.8 Å². The molecular formula is C26H19ClFN3. The molecule has 0 atom stereocenters. The van der Waals surface area contributed by atoms with Gasteiger partial charge in [0.25, 0.3) is 0 Å². The normalized spacial score (nSPS) is 11.0. The molecule has 152 valence electrons. The summed E-state index contributed by atoms with van der Waals surface area (Å²) in [4.78, 5) is 0. The Morgan fingerprint density at radius 3 is 2.10 bits per heavy atom. The molecule has 0 saturated heterocycles. The topological polar surface area (TPSA) is 40.7 Å². The maximum Gasteiger partial charge on any atom is 0.168 e. The molecule has 3 nitrogen and oxygen atoms in total. The lowest BCUT2D eigenvalue weighted by Gasteiger charge is -2.09. The number of halogens is 2. The van der Waals surface area contributed by atoms with Crippen LogP contribution in [0.2, 0.25) is 5.02 Å². The Morgan fingerprint density at radius 2 is 1.42 bits per heavy atom. The SMILES string of the molecule is Fc1c(Cl)c(-c2ccccc2)cc2c(NCc3ccc(-c4ccccc4)cc3)n[nH]c12. The predicted molar refractivity (Wildman–Crippen MR) is 126 cm³/mol. The second-order valence-corrected chi connectivity index (χ2v) is 7.71. The molecule has 0 aliphatic rings. The van der Waals surface area contributed by atoms with E-state index in [1.807, 2.05) is 54.6 Å². The van der Waals surface area contributed by atoms with E-state index in [-0.39, 0.29) is 5.02 Å². The summed E-state index contributed by atoms with van der Waals surface area (Å²) in [5, 5.41) is 11.1. The van der Waals surface area contributed by atoms with Gasteiger partial charge in [-0.25, -0.2) is 4.39 Å². The highest BCUT2D eigenvalue weighted by Crippen LogP contribution is 2.36. The van der Waals surface area contributed by atoms with Gasteiger partial charge in [0.1, 0.15) is 5.52 Å². The molecule has 0 aliphatic carbocycles. The molecule has 2 N–H and O–H groups in total. The summed E-state index contributed by atoms with van der Waals surface area (Å²) in [5.41, 5.74) is 5.25. The summed E-state index contributed by atoms with van der Waals surface area (Å²) in [5.74, 6) is 0.0978. The first kappa shape index (κ1) is 19.3. The molecule has 5 heteroatoms. The number of hydrogen-bond acceptors (Lipinski definition) is 2. The molecule has 0 amide bonds. The highest BCUT2D eigenvalue weighted by atomic mass is 35.5. The van der Waals surface area contributed by atoms with Crippen LogP contribution in [-0.4, -0.2) is 10.2 Å². The first-order valence-corrected chi connectivity index (χ1v) is 10.4. The predicted octanol–water partition coefficient (Wildman–Crippen LogP) is 7.30. The third-order valence-corrected chi connectivity index (χ3v) is 5.72. The smallest absolute Gasteiger partial charge is 0.168 e. The number of H-pyrrole nitrogens is 1. The first-order chi connectivity index (χ1) is 15.2. The van der Waals surface area contributed by atoms with Gasteiger partial charge in [-0.1, -0.05) is 96.5 Å². The summed E-state index contributed by atoms with van der Waals surface area (Å²) >= 11 is 6.31. The number of nitrogens with one attached hydrogen (secondary N) is 2. The second kappa shape index (κ2) is 8.25. The Balaban J connectivity index is 1.41. The van der Waals surface area contributed by atoms with Gasteiger partial charge in [0, 0.05) is 17.5 Å². The molecule has 5 aromatic rings. The van der Waals surface area contributed by atoms with Crippen LogP contribution in [0, 0.1) is 5.82 Å². The van der Waals surface area contributed by atoms with E-state index in [1.165, 1.54) is 11.1 Å². The second-order valence-electron chi connectivity index (χ2n) is 7.33. The molecule has 1 aromatic heterocycles. The van der Waals surface area contributed by atoms with Gasteiger partial charge in [0.05, 0.1) is 5.02 Å². The molecule has 0 fully saturated rings. The molecule has 0 radical (unpaired) electrons. The Bertz CT molecular complexity index is 1330. The number of nitrogens with zero attached hydrogens (tertiary/aromatic N) is 1. The zero-order valence-corrected chi connectivity index (χ0v) is 17.3. The Labute approximate surface area is 184 Å². The van der Waals surface area contributed by atoms with Crippen LogP contribution in [0.4, 0.5) is 10.2 Å². The minimum atomic E-state index is -0.495. The number of hydrogen-bond donors (Lipinski definition) is 2. The van der Waals surface area contributed by atoms with Gasteiger partial charge in [-0.15, -0.1) is 0 Å². The Hall–Kier alpha value is -3.63. The van der Waals surface area contributed by atoms with Gasteiger partial charge in [0.15, 0.2) is 11.6 Å². The van der Waals surface area contributed by atoms with E-state index in [1.54, 1.807) is 0 Å². The van der Waals surface area contributed by atoms with Gasteiger partial charge < -0.3 is 5.32 Å². The maximum atomic E-state index is 14.9. The molecule has 0 bridgehead atoms. The standard InChI is InChI=1S/C26H19ClFN3/c27-23-21(20-9-5-2-6-10-20)15-22-25(24(23)28)30-31-26(22)29-16-17-11-13-19(14-12-17)18-7-3-1-4-8-18/h1-15H,16H2,(H2,29,30,31). The lowest BCUT2D eigenvalue weighted by atomic mass is 10.0. The number of aromatic nitrogens is 2. The summed E-state index contributed by atoms with van der Waals surface area (Å²) in [7, 11) is 0. The van der Waals surface area contributed by atoms with Gasteiger partial charge in [-0.3, -0.25) is 5.10 Å². The fraction of sp³-hybridized carbons (Fsp3) is 0.0385. The van der Waals surface area contributed by atoms with Crippen LogP contribution in [0.3, 0.4) is 0 Å². The Kier molecular flexibility index (Phi) is 5.14. The number of anilines is 1. The molecule has 0 spiro atoms. The van der Waals surface area contributed by atoms with Crippen LogP contribution in [0.25, 0.3) is 33.2 Å². The number of aromatic amines is 1. The fourth-order valence-electron chi connectivity index (χ4n) is 3.69. The van der Waals surface area contributed by atoms with Crippen molar-refractivity contribution < 1.29 is 4.39 Å². The zero-order chi connectivity index (χ0) is 21.2. The van der Waals surface area contributed by atoms with Crippen LogP contribution in [-0.2, 0) is 6.54 Å². The van der Waals surface area contributed by atoms with E-state index in [2.05, 4.69) is 51.9 Å². The largest absolute Gasteiger partial charge is 0.364 e. The van der Waals surface area contributed by atoms with Crippen LogP contribution in [0.5, 0.6) is 0 Å². The average molecular weight is 428 g/mol. The number of rotatable bonds is 5. The molecule has 0 unspecified atom stereocenters. The highest BCUT2D eigenvalue weighted by molar-refractivity contribution is 6.34. The molecule has 5 rings (SSSR count). The first-order valence-electron chi connectivity index (χ1n) is 10.0. The van der Waals surface area contributed by atoms with E-state index in [4.69, 9.17) is 11.6 Å². The van der Waals surface area contributed by atoms with Crippen LogP contribution < -0.4 is 5.32 Å². The molecule has 31 heavy (non-hydrogen) atoms. The van der Waals surface area contributed by atoms with Crippen molar-refractivity contribution in [2.45, 2.75) is 6.54 Å². The monoisotopic (exact) mass is 427 g/mol. The summed E-state index contributed by atoms with van der Waals surface area (Å²) < 4.78 is 14.9. The van der Waals surface area contributed by atoms with Crippen molar-refractivity contribution in [3.05, 3.63) is 107 Å². The molecular weight excluding hydrogens is 409 g/mol. The van der Waals surface area contributed by atoms with Crippen LogP contribution in [0.1, 0.15) is 5.56 Å². The molecule has 0 saturated carbocycles. The van der Waals surface area contributed by atoms with Crippen molar-refractivity contribution in [2.24, 2.45) is 0 Å². The highest BCUT2D eigenvalue weighted by Gasteiger charge is 2.17. The van der Waals surface area contributed by atoms with E-state index in [9.17, 15) is 4.39 Å². The summed E-state index contributed by atoms with van der Waals surface area (Å²) in [6.45, 7) is 0.569. The maximum absolute atomic E-state index is 14.9. The van der Waals surface area contributed by atoms with Crippen molar-refractivity contribution in [2.75, 3.05) is 5.32 Å². The van der Waals surface area contributed by atoms with Crippen molar-refractivity contribution in [1.29, 1.82) is 0 Å². The Morgan fingerprint density at radius 1 is 0.806 bits per heavy atom. The quantitative estimate of drug-likeness (QED) is 0.309. The van der Waals surface area contributed by atoms with Crippen molar-refractivity contribution in [3.63, 3.8) is 0 Å². The molecule has 1 heterocycles. The average Bonchev–Trinajstić information content (AvgIpc) is 3.24. The van der Waals surface area contributed by atoms with E-state index >= 15 is 0 Å². The minimum Gasteiger partial charge on any atom is -0.364 e. The van der Waals surface area contributed by atoms with Crippen molar-refractivity contribution >= 4 is 28.3 Å². The third-order valence-electron chi connectivity index (χ3n) is 5.35. The minimum absolute atomic E-state index is 0.0883. The summed E-state index contributed by atoms with van der Waals surface area (Å²) in [6, 6.07) is 30.0. The third kappa shape index (κ3) is 3.78. The lowest BCUT2D eigenvalue weighted by molar-refractivity contribution is 0.637. The molecule has 0 aliphatic heterocycles. The fourth-order valence-corrected chi connectivity index (χ4v) is 3.95. The van der Waals surface area contributed by atoms with Crippen LogP contribution >= 0.6 is 11.6 Å².